The Labute approximate surface area is 188 Å². The number of fused-ring (bicyclic) bond motifs is 4. The number of furan rings is 1. The number of para-hydroxylation sites is 4. The van der Waals surface area contributed by atoms with E-state index < -0.39 is 0 Å². The molecule has 3 aromatic carbocycles. The van der Waals surface area contributed by atoms with Crippen LogP contribution >= 0.6 is 0 Å². The van der Waals surface area contributed by atoms with Crippen molar-refractivity contribution in [2.45, 2.75) is 13.0 Å². The van der Waals surface area contributed by atoms with E-state index in [-0.39, 0.29) is 23.6 Å². The normalized spacial score (nSPS) is 12.9. The Balaban J connectivity index is 1.28. The van der Waals surface area contributed by atoms with Crippen LogP contribution in [0.5, 0.6) is 0 Å². The first-order chi connectivity index (χ1) is 16.2. The van der Waals surface area contributed by atoms with E-state index in [9.17, 15) is 9.59 Å². The van der Waals surface area contributed by atoms with E-state index >= 15 is 0 Å². The minimum atomic E-state index is -0.381. The van der Waals surface area contributed by atoms with Gasteiger partial charge in [-0.15, -0.1) is 0 Å². The molecular formula is C26H20N4O3. The van der Waals surface area contributed by atoms with Crippen LogP contribution in [0, 0.1) is 0 Å². The Kier molecular flexibility index (Phi) is 4.47. The summed E-state index contributed by atoms with van der Waals surface area (Å²) in [5, 5.41) is 3.75. The summed E-state index contributed by atoms with van der Waals surface area (Å²) in [4.78, 5) is 32.4. The van der Waals surface area contributed by atoms with E-state index in [4.69, 9.17) is 4.42 Å². The Hall–Kier alpha value is -4.39. The third kappa shape index (κ3) is 3.25. The number of carbonyl (C=O) groups is 1. The number of benzene rings is 3. The van der Waals surface area contributed by atoms with Crippen molar-refractivity contribution in [3.63, 3.8) is 0 Å². The average Bonchev–Trinajstić information content (AvgIpc) is 3.43. The summed E-state index contributed by atoms with van der Waals surface area (Å²) in [5.41, 5.74) is 4.93. The average molecular weight is 436 g/mol. The predicted molar refractivity (Wildman–Crippen MR) is 128 cm³/mol. The standard InChI is InChI=1S/C26H20N4O3/c31-23(15-29-16-27-24-18-8-2-6-12-22(18)33-25(24)26(29)32)28-19-9-3-5-11-21(19)30-14-13-17-7-1-4-10-20(17)30/h1-12,16H,13-15H2,(H,28,31). The molecule has 1 aliphatic rings. The maximum atomic E-state index is 12.9. The van der Waals surface area contributed by atoms with Crippen molar-refractivity contribution in [1.29, 1.82) is 0 Å². The molecule has 7 heteroatoms. The van der Waals surface area contributed by atoms with Gasteiger partial charge in [0, 0.05) is 17.6 Å². The molecule has 0 fully saturated rings. The van der Waals surface area contributed by atoms with E-state index in [1.807, 2.05) is 54.6 Å². The van der Waals surface area contributed by atoms with Crippen LogP contribution in [0.3, 0.4) is 0 Å². The van der Waals surface area contributed by atoms with Crippen LogP contribution in [0.15, 0.2) is 88.3 Å². The summed E-state index contributed by atoms with van der Waals surface area (Å²) >= 11 is 0. The quantitative estimate of drug-likeness (QED) is 0.449. The lowest BCUT2D eigenvalue weighted by atomic mass is 10.2. The molecule has 6 rings (SSSR count). The van der Waals surface area contributed by atoms with Crippen LogP contribution in [0.25, 0.3) is 22.1 Å². The minimum absolute atomic E-state index is 0.153. The first-order valence-corrected chi connectivity index (χ1v) is 10.8. The Morgan fingerprint density at radius 3 is 2.64 bits per heavy atom. The number of amides is 1. The number of anilines is 3. The molecule has 0 aliphatic carbocycles. The molecule has 0 unspecified atom stereocenters. The van der Waals surface area contributed by atoms with Crippen LogP contribution in [0.4, 0.5) is 17.1 Å². The number of hydrogen-bond donors (Lipinski definition) is 1. The van der Waals surface area contributed by atoms with Gasteiger partial charge in [0.15, 0.2) is 0 Å². The largest absolute Gasteiger partial charge is 0.448 e. The Bertz CT molecular complexity index is 1580. The van der Waals surface area contributed by atoms with E-state index in [0.29, 0.717) is 16.8 Å². The summed E-state index contributed by atoms with van der Waals surface area (Å²) in [6, 6.07) is 23.3. The molecule has 0 atom stereocenters. The first-order valence-electron chi connectivity index (χ1n) is 10.8. The highest BCUT2D eigenvalue weighted by molar-refractivity contribution is 6.02. The fourth-order valence-corrected chi connectivity index (χ4v) is 4.48. The van der Waals surface area contributed by atoms with Gasteiger partial charge >= 0.3 is 0 Å². The van der Waals surface area contributed by atoms with E-state index in [2.05, 4.69) is 27.3 Å². The molecule has 162 valence electrons. The second-order valence-electron chi connectivity index (χ2n) is 8.05. The van der Waals surface area contributed by atoms with E-state index in [0.717, 1.165) is 29.7 Å². The van der Waals surface area contributed by atoms with Crippen LogP contribution in [0.1, 0.15) is 5.56 Å². The Morgan fingerprint density at radius 2 is 1.73 bits per heavy atom. The van der Waals surface area contributed by atoms with Crippen molar-refractivity contribution < 1.29 is 9.21 Å². The van der Waals surface area contributed by atoms with Crippen molar-refractivity contribution >= 4 is 45.0 Å². The van der Waals surface area contributed by atoms with Crippen molar-refractivity contribution in [3.05, 3.63) is 95.0 Å². The Morgan fingerprint density at radius 1 is 0.970 bits per heavy atom. The van der Waals surface area contributed by atoms with Gasteiger partial charge in [-0.2, -0.15) is 0 Å². The van der Waals surface area contributed by atoms with E-state index in [1.54, 1.807) is 6.07 Å². The monoisotopic (exact) mass is 436 g/mol. The second-order valence-corrected chi connectivity index (χ2v) is 8.05. The zero-order chi connectivity index (χ0) is 22.4. The fraction of sp³-hybridized carbons (Fsp3) is 0.115. The van der Waals surface area contributed by atoms with Gasteiger partial charge in [0.1, 0.15) is 17.6 Å². The zero-order valence-corrected chi connectivity index (χ0v) is 17.7. The molecule has 0 saturated heterocycles. The molecule has 0 saturated carbocycles. The van der Waals surface area contributed by atoms with Crippen LogP contribution < -0.4 is 15.8 Å². The molecule has 0 spiro atoms. The number of carbonyl (C=O) groups excluding carboxylic acids is 1. The van der Waals surface area contributed by atoms with Crippen molar-refractivity contribution in [2.75, 3.05) is 16.8 Å². The summed E-state index contributed by atoms with van der Waals surface area (Å²) in [7, 11) is 0. The van der Waals surface area contributed by atoms with Gasteiger partial charge in [-0.3, -0.25) is 14.2 Å². The molecule has 1 N–H and O–H groups in total. The lowest BCUT2D eigenvalue weighted by Gasteiger charge is -2.23. The fourth-order valence-electron chi connectivity index (χ4n) is 4.48. The molecule has 5 aromatic rings. The highest BCUT2D eigenvalue weighted by Gasteiger charge is 2.22. The third-order valence-corrected chi connectivity index (χ3v) is 6.02. The number of rotatable bonds is 4. The SMILES string of the molecule is O=C(Cn1cnc2c(oc3ccccc32)c1=O)Nc1ccccc1N1CCc2ccccc21. The molecule has 3 heterocycles. The van der Waals surface area contributed by atoms with Gasteiger partial charge < -0.3 is 14.6 Å². The molecule has 2 aromatic heterocycles. The van der Waals surface area contributed by atoms with Gasteiger partial charge in [-0.05, 0) is 42.3 Å². The lowest BCUT2D eigenvalue weighted by Crippen LogP contribution is -2.28. The van der Waals surface area contributed by atoms with Gasteiger partial charge in [-0.25, -0.2) is 4.98 Å². The third-order valence-electron chi connectivity index (χ3n) is 6.02. The summed E-state index contributed by atoms with van der Waals surface area (Å²) in [5.74, 6) is -0.311. The summed E-state index contributed by atoms with van der Waals surface area (Å²) < 4.78 is 6.98. The predicted octanol–water partition coefficient (Wildman–Crippen LogP) is 4.48. The number of hydrogen-bond acceptors (Lipinski definition) is 5. The van der Waals surface area contributed by atoms with Crippen LogP contribution in [-0.2, 0) is 17.8 Å². The summed E-state index contributed by atoms with van der Waals surface area (Å²) in [6.45, 7) is 0.683. The lowest BCUT2D eigenvalue weighted by molar-refractivity contribution is -0.116. The van der Waals surface area contributed by atoms with Crippen LogP contribution in [0.2, 0.25) is 0 Å². The van der Waals surface area contributed by atoms with Crippen LogP contribution in [-0.4, -0.2) is 22.0 Å². The second kappa shape index (κ2) is 7.63. The van der Waals surface area contributed by atoms with Gasteiger partial charge in [0.25, 0.3) is 5.56 Å². The van der Waals surface area contributed by atoms with Gasteiger partial charge in [0.2, 0.25) is 11.5 Å². The minimum Gasteiger partial charge on any atom is -0.448 e. The molecule has 0 bridgehead atoms. The molecule has 33 heavy (non-hydrogen) atoms. The highest BCUT2D eigenvalue weighted by atomic mass is 16.3. The molecule has 7 nitrogen and oxygen atoms in total. The van der Waals surface area contributed by atoms with Crippen molar-refractivity contribution in [3.8, 4) is 0 Å². The number of nitrogens with zero attached hydrogens (tertiary/aromatic N) is 3. The highest BCUT2D eigenvalue weighted by Crippen LogP contribution is 2.38. The molecule has 0 radical (unpaired) electrons. The maximum Gasteiger partial charge on any atom is 0.297 e. The topological polar surface area (TPSA) is 80.4 Å². The smallest absolute Gasteiger partial charge is 0.297 e. The molecule has 1 aliphatic heterocycles. The summed E-state index contributed by atoms with van der Waals surface area (Å²) in [6.07, 6.45) is 2.35. The number of nitrogens with one attached hydrogen (secondary N) is 1. The van der Waals surface area contributed by atoms with Crippen molar-refractivity contribution in [2.24, 2.45) is 0 Å². The maximum absolute atomic E-state index is 12.9. The molecule has 1 amide bonds. The van der Waals surface area contributed by atoms with Crippen molar-refractivity contribution in [1.82, 2.24) is 9.55 Å². The van der Waals surface area contributed by atoms with E-state index in [1.165, 1.54) is 16.5 Å². The van der Waals surface area contributed by atoms with Gasteiger partial charge in [0.05, 0.1) is 17.7 Å². The number of aromatic nitrogens is 2. The first kappa shape index (κ1) is 19.3. The zero-order valence-electron chi connectivity index (χ0n) is 17.7. The molecular weight excluding hydrogens is 416 g/mol. The van der Waals surface area contributed by atoms with Gasteiger partial charge in [-0.1, -0.05) is 42.5 Å².